The first-order valence-corrected chi connectivity index (χ1v) is 8.33. The van der Waals surface area contributed by atoms with Crippen molar-refractivity contribution in [2.24, 2.45) is 0 Å². The number of aliphatic hydroxyl groups is 1. The van der Waals surface area contributed by atoms with Gasteiger partial charge in [0.05, 0.1) is 25.0 Å². The number of aromatic nitrogens is 3. The molecule has 0 aromatic carbocycles. The first-order chi connectivity index (χ1) is 12.0. The normalized spacial score (nSPS) is 16.0. The van der Waals surface area contributed by atoms with Gasteiger partial charge in [-0.15, -0.1) is 0 Å². The lowest BCUT2D eigenvalue weighted by Crippen LogP contribution is -2.33. The maximum Gasteiger partial charge on any atom is 0.223 e. The zero-order valence-electron chi connectivity index (χ0n) is 14.9. The monoisotopic (exact) mass is 347 g/mol. The number of rotatable bonds is 6. The Bertz CT molecular complexity index is 783. The molecule has 0 spiro atoms. The maximum atomic E-state index is 11.9. The third-order valence-electron chi connectivity index (χ3n) is 4.33. The predicted octanol–water partition coefficient (Wildman–Crippen LogP) is 0.191. The van der Waals surface area contributed by atoms with E-state index in [1.54, 1.807) is 12.3 Å². The van der Waals surface area contributed by atoms with Gasteiger partial charge < -0.3 is 19.7 Å². The SMILES string of the molecule is COc1c[nH]c(CN2CCn3nc(C(O)CN(C)C)cc3C2)cc1=O. The first kappa shape index (κ1) is 17.7. The number of nitrogens with one attached hydrogen (secondary N) is 1. The molecule has 0 bridgehead atoms. The summed E-state index contributed by atoms with van der Waals surface area (Å²) in [5, 5.41) is 14.8. The molecule has 1 aliphatic heterocycles. The van der Waals surface area contributed by atoms with Crippen LogP contribution >= 0.6 is 0 Å². The van der Waals surface area contributed by atoms with Gasteiger partial charge in [-0.2, -0.15) is 5.10 Å². The fraction of sp³-hybridized carbons (Fsp3) is 0.529. The van der Waals surface area contributed by atoms with E-state index in [1.165, 1.54) is 7.11 Å². The van der Waals surface area contributed by atoms with E-state index in [1.807, 2.05) is 29.7 Å². The molecule has 1 atom stereocenters. The van der Waals surface area contributed by atoms with E-state index in [9.17, 15) is 9.90 Å². The minimum Gasteiger partial charge on any atom is -0.491 e. The summed E-state index contributed by atoms with van der Waals surface area (Å²) in [5.74, 6) is 0.319. The molecule has 1 unspecified atom stereocenters. The number of methoxy groups -OCH3 is 1. The Balaban J connectivity index is 1.68. The molecular formula is C17H25N5O3. The van der Waals surface area contributed by atoms with Crippen LogP contribution in [0.2, 0.25) is 0 Å². The fourth-order valence-electron chi connectivity index (χ4n) is 3.07. The van der Waals surface area contributed by atoms with Gasteiger partial charge in [0.15, 0.2) is 5.75 Å². The Morgan fingerprint density at radius 2 is 2.20 bits per heavy atom. The van der Waals surface area contributed by atoms with Gasteiger partial charge in [0.25, 0.3) is 0 Å². The summed E-state index contributed by atoms with van der Waals surface area (Å²) in [6.45, 7) is 3.54. The molecule has 0 amide bonds. The summed E-state index contributed by atoms with van der Waals surface area (Å²) >= 11 is 0. The van der Waals surface area contributed by atoms with E-state index in [4.69, 9.17) is 4.74 Å². The van der Waals surface area contributed by atoms with Gasteiger partial charge in [-0.3, -0.25) is 14.4 Å². The summed E-state index contributed by atoms with van der Waals surface area (Å²) in [5.41, 5.74) is 2.53. The Labute approximate surface area is 146 Å². The minimum atomic E-state index is -0.584. The van der Waals surface area contributed by atoms with Crippen molar-refractivity contribution < 1.29 is 9.84 Å². The van der Waals surface area contributed by atoms with E-state index < -0.39 is 6.10 Å². The molecule has 2 aromatic rings. The van der Waals surface area contributed by atoms with Crippen molar-refractivity contribution in [3.05, 3.63) is 45.6 Å². The topological polar surface area (TPSA) is 86.6 Å². The molecule has 0 saturated carbocycles. The van der Waals surface area contributed by atoms with E-state index in [2.05, 4.69) is 15.0 Å². The van der Waals surface area contributed by atoms with Crippen molar-refractivity contribution in [3.63, 3.8) is 0 Å². The van der Waals surface area contributed by atoms with Gasteiger partial charge in [0, 0.05) is 44.1 Å². The molecular weight excluding hydrogens is 322 g/mol. The van der Waals surface area contributed by atoms with Crippen LogP contribution in [0.25, 0.3) is 0 Å². The standard InChI is InChI=1S/C17H25N5O3/c1-20(2)11-16(24)14-7-13-10-21(4-5-22(13)19-14)9-12-6-15(23)17(25-3)8-18-12/h6-8,16,24H,4-5,9-11H2,1-3H3,(H,18,23). The summed E-state index contributed by atoms with van der Waals surface area (Å²) in [7, 11) is 5.34. The number of aromatic amines is 1. The first-order valence-electron chi connectivity index (χ1n) is 8.33. The molecule has 0 aliphatic carbocycles. The lowest BCUT2D eigenvalue weighted by Gasteiger charge is -2.27. The molecule has 8 heteroatoms. The van der Waals surface area contributed by atoms with Crippen LogP contribution in [0.15, 0.2) is 23.1 Å². The number of fused-ring (bicyclic) bond motifs is 1. The van der Waals surface area contributed by atoms with Gasteiger partial charge in [0.2, 0.25) is 5.43 Å². The lowest BCUT2D eigenvalue weighted by atomic mass is 10.2. The molecule has 3 rings (SSSR count). The zero-order valence-corrected chi connectivity index (χ0v) is 14.9. The van der Waals surface area contributed by atoms with E-state index in [-0.39, 0.29) is 5.43 Å². The van der Waals surface area contributed by atoms with Crippen molar-refractivity contribution in [2.45, 2.75) is 25.7 Å². The van der Waals surface area contributed by atoms with Crippen molar-refractivity contribution in [2.75, 3.05) is 34.3 Å². The smallest absolute Gasteiger partial charge is 0.223 e. The van der Waals surface area contributed by atoms with Crippen LogP contribution in [0.4, 0.5) is 0 Å². The highest BCUT2D eigenvalue weighted by Gasteiger charge is 2.21. The Morgan fingerprint density at radius 1 is 1.40 bits per heavy atom. The Morgan fingerprint density at radius 3 is 2.88 bits per heavy atom. The molecule has 0 fully saturated rings. The van der Waals surface area contributed by atoms with Gasteiger partial charge >= 0.3 is 0 Å². The minimum absolute atomic E-state index is 0.118. The Hall–Kier alpha value is -2.16. The van der Waals surface area contributed by atoms with Gasteiger partial charge in [-0.1, -0.05) is 0 Å². The highest BCUT2D eigenvalue weighted by Crippen LogP contribution is 2.19. The average molecular weight is 347 g/mol. The number of nitrogens with zero attached hydrogens (tertiary/aromatic N) is 4. The van der Waals surface area contributed by atoms with Gasteiger partial charge in [-0.25, -0.2) is 0 Å². The van der Waals surface area contributed by atoms with Crippen LogP contribution in [0, 0.1) is 0 Å². The van der Waals surface area contributed by atoms with Gasteiger partial charge in [0.1, 0.15) is 6.10 Å². The highest BCUT2D eigenvalue weighted by atomic mass is 16.5. The Kier molecular flexibility index (Phi) is 5.22. The summed E-state index contributed by atoms with van der Waals surface area (Å²) in [6, 6.07) is 3.55. The molecule has 3 heterocycles. The highest BCUT2D eigenvalue weighted by molar-refractivity contribution is 5.20. The van der Waals surface area contributed by atoms with Gasteiger partial charge in [-0.05, 0) is 20.2 Å². The molecule has 2 N–H and O–H groups in total. The second-order valence-corrected chi connectivity index (χ2v) is 6.66. The maximum absolute atomic E-state index is 11.9. The summed E-state index contributed by atoms with van der Waals surface area (Å²) < 4.78 is 6.95. The van der Waals surface area contributed by atoms with Crippen LogP contribution in [0.1, 0.15) is 23.2 Å². The van der Waals surface area contributed by atoms with Crippen LogP contribution < -0.4 is 10.2 Å². The zero-order chi connectivity index (χ0) is 18.0. The second-order valence-electron chi connectivity index (χ2n) is 6.66. The quantitative estimate of drug-likeness (QED) is 0.776. The van der Waals surface area contributed by atoms with Crippen LogP contribution in [0.5, 0.6) is 5.75 Å². The number of pyridine rings is 1. The number of ether oxygens (including phenoxy) is 1. The number of likely N-dealkylation sites (N-methyl/N-ethyl adjacent to an activating group) is 1. The van der Waals surface area contributed by atoms with Crippen molar-refractivity contribution in [3.8, 4) is 5.75 Å². The second kappa shape index (κ2) is 7.38. The molecule has 8 nitrogen and oxygen atoms in total. The van der Waals surface area contributed by atoms with E-state index >= 15 is 0 Å². The predicted molar refractivity (Wildman–Crippen MR) is 93.5 cm³/mol. The van der Waals surface area contributed by atoms with E-state index in [0.717, 1.165) is 31.0 Å². The van der Waals surface area contributed by atoms with Crippen LogP contribution in [-0.4, -0.2) is 64.0 Å². The van der Waals surface area contributed by atoms with E-state index in [0.29, 0.717) is 24.5 Å². The molecule has 0 saturated heterocycles. The molecule has 136 valence electrons. The number of H-pyrrole nitrogens is 1. The molecule has 25 heavy (non-hydrogen) atoms. The molecule has 0 radical (unpaired) electrons. The summed E-state index contributed by atoms with van der Waals surface area (Å²) in [4.78, 5) is 19.2. The lowest BCUT2D eigenvalue weighted by molar-refractivity contribution is 0.133. The average Bonchev–Trinajstić information content (AvgIpc) is 2.98. The van der Waals surface area contributed by atoms with Crippen molar-refractivity contribution in [1.82, 2.24) is 24.6 Å². The fourth-order valence-corrected chi connectivity index (χ4v) is 3.07. The number of hydrogen-bond donors (Lipinski definition) is 2. The van der Waals surface area contributed by atoms with Crippen LogP contribution in [0.3, 0.4) is 0 Å². The largest absolute Gasteiger partial charge is 0.491 e. The number of hydrogen-bond acceptors (Lipinski definition) is 6. The number of aliphatic hydroxyl groups excluding tert-OH is 1. The molecule has 1 aliphatic rings. The third-order valence-corrected chi connectivity index (χ3v) is 4.33. The third kappa shape index (κ3) is 4.09. The molecule has 2 aromatic heterocycles. The summed E-state index contributed by atoms with van der Waals surface area (Å²) in [6.07, 6.45) is 1.01. The van der Waals surface area contributed by atoms with Crippen molar-refractivity contribution in [1.29, 1.82) is 0 Å². The van der Waals surface area contributed by atoms with Crippen molar-refractivity contribution >= 4 is 0 Å². The van der Waals surface area contributed by atoms with Crippen LogP contribution in [-0.2, 0) is 19.6 Å².